The Kier molecular flexibility index (Phi) is 6.14. The van der Waals surface area contributed by atoms with Gasteiger partial charge in [-0.15, -0.1) is 11.3 Å². The maximum absolute atomic E-state index is 9.08. The van der Waals surface area contributed by atoms with Gasteiger partial charge in [0.1, 0.15) is 0 Å². The van der Waals surface area contributed by atoms with Gasteiger partial charge in [0.25, 0.3) is 0 Å². The second-order valence-electron chi connectivity index (χ2n) is 5.72. The van der Waals surface area contributed by atoms with Crippen LogP contribution in [0.1, 0.15) is 27.9 Å². The topological polar surface area (TPSA) is 53.3 Å². The predicted molar refractivity (Wildman–Crippen MR) is 91.2 cm³/mol. The maximum atomic E-state index is 9.08. The molecule has 0 saturated heterocycles. The molecule has 0 fully saturated rings. The summed E-state index contributed by atoms with van der Waals surface area (Å²) in [7, 11) is 4.23. The highest BCUT2D eigenvalue weighted by molar-refractivity contribution is 7.10. The first-order chi connectivity index (χ1) is 10.5. The average Bonchev–Trinajstić information content (AvgIpc) is 3.07. The van der Waals surface area contributed by atoms with E-state index in [-0.39, 0.29) is 6.61 Å². The number of rotatable bonds is 8. The summed E-state index contributed by atoms with van der Waals surface area (Å²) >= 11 is 1.80. The molecule has 2 heterocycles. The molecule has 0 amide bonds. The van der Waals surface area contributed by atoms with E-state index in [0.29, 0.717) is 12.6 Å². The first kappa shape index (κ1) is 17.1. The van der Waals surface area contributed by atoms with Crippen LogP contribution in [0.3, 0.4) is 0 Å². The van der Waals surface area contributed by atoms with Crippen molar-refractivity contribution >= 4 is 11.3 Å². The van der Waals surface area contributed by atoms with Crippen molar-refractivity contribution < 1.29 is 5.11 Å². The number of hydrogen-bond donors (Lipinski definition) is 2. The van der Waals surface area contributed by atoms with Crippen molar-refractivity contribution in [1.82, 2.24) is 20.0 Å². The van der Waals surface area contributed by atoms with Crippen molar-refractivity contribution in [3.05, 3.63) is 39.3 Å². The van der Waals surface area contributed by atoms with Crippen molar-refractivity contribution in [3.63, 3.8) is 0 Å². The van der Waals surface area contributed by atoms with Crippen LogP contribution in [0.2, 0.25) is 0 Å². The first-order valence-electron chi connectivity index (χ1n) is 7.59. The van der Waals surface area contributed by atoms with Crippen LogP contribution in [0, 0.1) is 13.8 Å². The molecule has 122 valence electrons. The van der Waals surface area contributed by atoms with Crippen LogP contribution in [0.5, 0.6) is 0 Å². The predicted octanol–water partition coefficient (Wildman–Crippen LogP) is 1.95. The zero-order chi connectivity index (χ0) is 16.1. The molecule has 0 spiro atoms. The van der Waals surface area contributed by atoms with Crippen LogP contribution in [0.4, 0.5) is 0 Å². The van der Waals surface area contributed by atoms with Crippen LogP contribution in [-0.4, -0.2) is 47.0 Å². The van der Waals surface area contributed by atoms with Crippen molar-refractivity contribution in [1.29, 1.82) is 0 Å². The SMILES string of the molecule is Cc1nn(CCO)c(C)c1CNC[C@H](c1cccs1)N(C)C. The molecule has 22 heavy (non-hydrogen) atoms. The molecule has 2 rings (SSSR count). The lowest BCUT2D eigenvalue weighted by atomic mass is 10.1. The van der Waals surface area contributed by atoms with E-state index in [1.807, 2.05) is 11.6 Å². The Hall–Kier alpha value is -1.21. The molecule has 2 aromatic heterocycles. The highest BCUT2D eigenvalue weighted by atomic mass is 32.1. The van der Waals surface area contributed by atoms with E-state index in [4.69, 9.17) is 5.11 Å². The minimum absolute atomic E-state index is 0.121. The van der Waals surface area contributed by atoms with Gasteiger partial charge in [-0.1, -0.05) is 6.07 Å². The van der Waals surface area contributed by atoms with Gasteiger partial charge >= 0.3 is 0 Å². The van der Waals surface area contributed by atoms with E-state index < -0.39 is 0 Å². The number of aromatic nitrogens is 2. The fourth-order valence-electron chi connectivity index (χ4n) is 2.65. The number of nitrogens with zero attached hydrogens (tertiary/aromatic N) is 3. The minimum atomic E-state index is 0.121. The molecule has 0 saturated carbocycles. The molecular formula is C16H26N4OS. The molecule has 0 aliphatic rings. The zero-order valence-electron chi connectivity index (χ0n) is 13.8. The largest absolute Gasteiger partial charge is 0.394 e. The molecule has 5 nitrogen and oxygen atoms in total. The van der Waals surface area contributed by atoms with Gasteiger partial charge in [0.05, 0.1) is 24.9 Å². The second-order valence-corrected chi connectivity index (χ2v) is 6.70. The number of aliphatic hydroxyl groups is 1. The van der Waals surface area contributed by atoms with Crippen molar-refractivity contribution in [2.75, 3.05) is 27.2 Å². The fraction of sp³-hybridized carbons (Fsp3) is 0.562. The highest BCUT2D eigenvalue weighted by Gasteiger charge is 2.16. The summed E-state index contributed by atoms with van der Waals surface area (Å²) < 4.78 is 1.88. The first-order valence-corrected chi connectivity index (χ1v) is 8.46. The maximum Gasteiger partial charge on any atom is 0.0644 e. The molecule has 1 atom stereocenters. The lowest BCUT2D eigenvalue weighted by molar-refractivity contribution is 0.267. The smallest absolute Gasteiger partial charge is 0.0644 e. The Bertz CT molecular complexity index is 577. The molecular weight excluding hydrogens is 296 g/mol. The molecule has 0 aromatic carbocycles. The molecule has 6 heteroatoms. The van der Waals surface area contributed by atoms with Crippen LogP contribution in [-0.2, 0) is 13.1 Å². The summed E-state index contributed by atoms with van der Waals surface area (Å²) in [4.78, 5) is 3.62. The molecule has 0 aliphatic carbocycles. The Morgan fingerprint density at radius 2 is 2.18 bits per heavy atom. The Balaban J connectivity index is 1.98. The molecule has 0 radical (unpaired) electrons. The highest BCUT2D eigenvalue weighted by Crippen LogP contribution is 2.22. The van der Waals surface area contributed by atoms with Gasteiger partial charge in [0.15, 0.2) is 0 Å². The fourth-order valence-corrected chi connectivity index (χ4v) is 3.58. The van der Waals surface area contributed by atoms with Crippen molar-refractivity contribution in [2.45, 2.75) is 33.0 Å². The number of hydrogen-bond acceptors (Lipinski definition) is 5. The number of thiophene rings is 1. The van der Waals surface area contributed by atoms with Crippen molar-refractivity contribution in [2.24, 2.45) is 0 Å². The third kappa shape index (κ3) is 3.95. The molecule has 0 aliphatic heterocycles. The van der Waals surface area contributed by atoms with Crippen molar-refractivity contribution in [3.8, 4) is 0 Å². The summed E-state index contributed by atoms with van der Waals surface area (Å²) in [6.45, 7) is 6.48. The Morgan fingerprint density at radius 1 is 1.41 bits per heavy atom. The van der Waals surface area contributed by atoms with E-state index >= 15 is 0 Å². The van der Waals surface area contributed by atoms with E-state index in [9.17, 15) is 0 Å². The van der Waals surface area contributed by atoms with Crippen LogP contribution < -0.4 is 5.32 Å². The van der Waals surface area contributed by atoms with E-state index in [0.717, 1.165) is 24.5 Å². The Morgan fingerprint density at radius 3 is 2.77 bits per heavy atom. The standard InChI is InChI=1S/C16H26N4OS/c1-12-14(13(2)20(18-12)7-8-21)10-17-11-15(19(3)4)16-6-5-9-22-16/h5-6,9,15,17,21H,7-8,10-11H2,1-4H3/t15-/m1/s1. The monoisotopic (exact) mass is 322 g/mol. The summed E-state index contributed by atoms with van der Waals surface area (Å²) in [6, 6.07) is 4.67. The number of aryl methyl sites for hydroxylation is 1. The summed E-state index contributed by atoms with van der Waals surface area (Å²) in [5.74, 6) is 0. The molecule has 0 bridgehead atoms. The third-order valence-corrected chi connectivity index (χ3v) is 4.95. The number of likely N-dealkylation sites (N-methyl/N-ethyl adjacent to an activating group) is 1. The molecule has 2 aromatic rings. The van der Waals surface area contributed by atoms with E-state index in [1.54, 1.807) is 11.3 Å². The molecule has 2 N–H and O–H groups in total. The van der Waals surface area contributed by atoms with Gasteiger partial charge in [-0.05, 0) is 39.4 Å². The Labute approximate surface area is 136 Å². The summed E-state index contributed by atoms with van der Waals surface area (Å²) in [5.41, 5.74) is 3.41. The number of nitrogens with one attached hydrogen (secondary N) is 1. The third-order valence-electron chi connectivity index (χ3n) is 3.98. The molecule has 0 unspecified atom stereocenters. The summed E-state index contributed by atoms with van der Waals surface area (Å²) in [6.07, 6.45) is 0. The van der Waals surface area contributed by atoms with Gasteiger partial charge in [0.2, 0.25) is 0 Å². The van der Waals surface area contributed by atoms with Crippen LogP contribution >= 0.6 is 11.3 Å². The summed E-state index contributed by atoms with van der Waals surface area (Å²) in [5, 5.41) is 19.3. The lowest BCUT2D eigenvalue weighted by Gasteiger charge is -2.23. The van der Waals surface area contributed by atoms with Gasteiger partial charge in [-0.2, -0.15) is 5.10 Å². The minimum Gasteiger partial charge on any atom is -0.394 e. The van der Waals surface area contributed by atoms with Crippen LogP contribution in [0.25, 0.3) is 0 Å². The zero-order valence-corrected chi connectivity index (χ0v) is 14.7. The quantitative estimate of drug-likeness (QED) is 0.780. The normalized spacial score (nSPS) is 13.0. The van der Waals surface area contributed by atoms with Crippen LogP contribution in [0.15, 0.2) is 17.5 Å². The van der Waals surface area contributed by atoms with Gasteiger partial charge in [0, 0.05) is 29.2 Å². The van der Waals surface area contributed by atoms with E-state index in [1.165, 1.54) is 10.4 Å². The number of aliphatic hydroxyl groups excluding tert-OH is 1. The van der Waals surface area contributed by atoms with Gasteiger partial charge < -0.3 is 15.3 Å². The lowest BCUT2D eigenvalue weighted by Crippen LogP contribution is -2.30. The second kappa shape index (κ2) is 7.87. The van der Waals surface area contributed by atoms with Gasteiger partial charge in [-0.3, -0.25) is 4.68 Å². The average molecular weight is 322 g/mol. The van der Waals surface area contributed by atoms with E-state index in [2.05, 4.69) is 53.8 Å². The van der Waals surface area contributed by atoms with Gasteiger partial charge in [-0.25, -0.2) is 0 Å².